The molecule has 0 spiro atoms. The first-order valence-electron chi connectivity index (χ1n) is 7.95. The minimum absolute atomic E-state index is 0.144. The van der Waals surface area contributed by atoms with Gasteiger partial charge in [-0.2, -0.15) is 0 Å². The van der Waals surface area contributed by atoms with Crippen molar-refractivity contribution in [2.75, 3.05) is 19.5 Å². The molecule has 2 N–H and O–H groups in total. The molecule has 7 nitrogen and oxygen atoms in total. The molecule has 2 aromatic rings. The second kappa shape index (κ2) is 7.29. The molecule has 7 heteroatoms. The van der Waals surface area contributed by atoms with Crippen LogP contribution in [0.25, 0.3) is 0 Å². The Labute approximate surface area is 145 Å². The van der Waals surface area contributed by atoms with Gasteiger partial charge in [-0.05, 0) is 30.7 Å². The molecule has 2 atom stereocenters. The van der Waals surface area contributed by atoms with Crippen LogP contribution in [0.15, 0.2) is 41.0 Å². The molecule has 1 aromatic carbocycles. The van der Waals surface area contributed by atoms with Gasteiger partial charge in [0, 0.05) is 6.07 Å². The lowest BCUT2D eigenvalue weighted by Crippen LogP contribution is -2.27. The molecular weight excluding hydrogens is 324 g/mol. The summed E-state index contributed by atoms with van der Waals surface area (Å²) in [5.41, 5.74) is 0.522. The fourth-order valence-electron chi connectivity index (χ4n) is 2.63. The second-order valence-electron chi connectivity index (χ2n) is 5.80. The maximum absolute atomic E-state index is 12.4. The highest BCUT2D eigenvalue weighted by molar-refractivity contribution is 6.00. The number of anilines is 1. The van der Waals surface area contributed by atoms with Crippen molar-refractivity contribution in [1.29, 1.82) is 0 Å². The molecule has 2 unspecified atom stereocenters. The van der Waals surface area contributed by atoms with Crippen LogP contribution in [0.1, 0.15) is 12.2 Å². The minimum atomic E-state index is -0.340. The number of rotatable bonds is 7. The highest BCUT2D eigenvalue weighted by Gasteiger charge is 2.48. The third kappa shape index (κ3) is 3.93. The number of hydrogen-bond donors (Lipinski definition) is 2. The predicted octanol–water partition coefficient (Wildman–Crippen LogP) is 2.19. The van der Waals surface area contributed by atoms with Crippen LogP contribution in [0.2, 0.25) is 0 Å². The van der Waals surface area contributed by atoms with Gasteiger partial charge in [0.1, 0.15) is 17.3 Å². The molecule has 1 aliphatic carbocycles. The molecular formula is C18H20N2O5. The monoisotopic (exact) mass is 344 g/mol. The molecule has 2 amide bonds. The zero-order chi connectivity index (χ0) is 17.8. The molecule has 1 fully saturated rings. The summed E-state index contributed by atoms with van der Waals surface area (Å²) in [6, 6.07) is 8.69. The van der Waals surface area contributed by atoms with Crippen molar-refractivity contribution in [1.82, 2.24) is 5.32 Å². The molecule has 1 saturated carbocycles. The van der Waals surface area contributed by atoms with Gasteiger partial charge < -0.3 is 24.5 Å². The number of hydrogen-bond acceptors (Lipinski definition) is 5. The van der Waals surface area contributed by atoms with Crippen molar-refractivity contribution >= 4 is 17.5 Å². The average Bonchev–Trinajstić information content (AvgIpc) is 3.27. The maximum atomic E-state index is 12.4. The Kier molecular flexibility index (Phi) is 4.92. The van der Waals surface area contributed by atoms with Crippen LogP contribution in [0.4, 0.5) is 5.69 Å². The summed E-state index contributed by atoms with van der Waals surface area (Å²) in [5, 5.41) is 5.59. The molecule has 3 rings (SSSR count). The molecule has 0 saturated heterocycles. The highest BCUT2D eigenvalue weighted by atomic mass is 16.5. The lowest BCUT2D eigenvalue weighted by atomic mass is 10.2. The summed E-state index contributed by atoms with van der Waals surface area (Å²) in [4.78, 5) is 24.5. The summed E-state index contributed by atoms with van der Waals surface area (Å²) in [6.45, 7) is 0.320. The van der Waals surface area contributed by atoms with Crippen molar-refractivity contribution < 1.29 is 23.5 Å². The van der Waals surface area contributed by atoms with Crippen LogP contribution in [-0.2, 0) is 16.1 Å². The topological polar surface area (TPSA) is 89.8 Å². The third-order valence-corrected chi connectivity index (χ3v) is 4.15. The number of benzene rings is 1. The van der Waals surface area contributed by atoms with Gasteiger partial charge in [0.05, 0.1) is 44.6 Å². The van der Waals surface area contributed by atoms with Crippen LogP contribution in [0.3, 0.4) is 0 Å². The third-order valence-electron chi connectivity index (χ3n) is 4.15. The maximum Gasteiger partial charge on any atom is 0.228 e. The number of methoxy groups -OCH3 is 2. The van der Waals surface area contributed by atoms with E-state index in [0.29, 0.717) is 35.9 Å². The van der Waals surface area contributed by atoms with E-state index in [0.717, 1.165) is 0 Å². The standard InChI is InChI=1S/C18H20N2O5/c1-23-11-5-6-16(24-2)15(8-11)20-18(22)14-9-13(14)17(21)19-10-12-4-3-7-25-12/h3-8,13-14H,9-10H2,1-2H3,(H,19,21)(H,20,22). The summed E-state index contributed by atoms with van der Waals surface area (Å²) >= 11 is 0. The lowest BCUT2D eigenvalue weighted by molar-refractivity contribution is -0.125. The van der Waals surface area contributed by atoms with E-state index in [9.17, 15) is 9.59 Å². The minimum Gasteiger partial charge on any atom is -0.497 e. The van der Waals surface area contributed by atoms with Gasteiger partial charge in [-0.3, -0.25) is 9.59 Å². The van der Waals surface area contributed by atoms with Gasteiger partial charge >= 0.3 is 0 Å². The van der Waals surface area contributed by atoms with E-state index in [4.69, 9.17) is 13.9 Å². The fraction of sp³-hybridized carbons (Fsp3) is 0.333. The van der Waals surface area contributed by atoms with Crippen molar-refractivity contribution in [3.05, 3.63) is 42.4 Å². The van der Waals surface area contributed by atoms with Crippen LogP contribution in [0.5, 0.6) is 11.5 Å². The van der Waals surface area contributed by atoms with Crippen LogP contribution < -0.4 is 20.1 Å². The normalized spacial score (nSPS) is 18.3. The van der Waals surface area contributed by atoms with Crippen LogP contribution in [-0.4, -0.2) is 26.0 Å². The number of amides is 2. The van der Waals surface area contributed by atoms with Crippen molar-refractivity contribution in [3.63, 3.8) is 0 Å². The Morgan fingerprint density at radius 2 is 1.96 bits per heavy atom. The molecule has 25 heavy (non-hydrogen) atoms. The Bertz CT molecular complexity index is 757. The van der Waals surface area contributed by atoms with Crippen LogP contribution >= 0.6 is 0 Å². The number of carbonyl (C=O) groups is 2. The average molecular weight is 344 g/mol. The van der Waals surface area contributed by atoms with E-state index in [-0.39, 0.29) is 23.7 Å². The molecule has 0 bridgehead atoms. The van der Waals surface area contributed by atoms with Gasteiger partial charge in [0.15, 0.2) is 0 Å². The summed E-state index contributed by atoms with van der Waals surface area (Å²) in [7, 11) is 3.08. The van der Waals surface area contributed by atoms with Gasteiger partial charge in [-0.1, -0.05) is 0 Å². The smallest absolute Gasteiger partial charge is 0.228 e. The Balaban J connectivity index is 1.55. The van der Waals surface area contributed by atoms with Gasteiger partial charge in [-0.15, -0.1) is 0 Å². The number of carbonyl (C=O) groups excluding carboxylic acids is 2. The SMILES string of the molecule is COc1ccc(OC)c(NC(=O)C2CC2C(=O)NCc2ccco2)c1. The van der Waals surface area contributed by atoms with E-state index in [1.54, 1.807) is 43.7 Å². The van der Waals surface area contributed by atoms with Gasteiger partial charge in [-0.25, -0.2) is 0 Å². The molecule has 1 aromatic heterocycles. The first-order valence-corrected chi connectivity index (χ1v) is 7.95. The predicted molar refractivity (Wildman–Crippen MR) is 90.3 cm³/mol. The molecule has 132 valence electrons. The van der Waals surface area contributed by atoms with Crippen molar-refractivity contribution in [3.8, 4) is 11.5 Å². The highest BCUT2D eigenvalue weighted by Crippen LogP contribution is 2.40. The summed E-state index contributed by atoms with van der Waals surface area (Å²) < 4.78 is 15.6. The zero-order valence-electron chi connectivity index (χ0n) is 14.1. The van der Waals surface area contributed by atoms with Crippen LogP contribution in [0, 0.1) is 11.8 Å². The summed E-state index contributed by atoms with van der Waals surface area (Å²) in [5.74, 6) is 0.822. The number of ether oxygens (including phenoxy) is 2. The first kappa shape index (κ1) is 16.9. The lowest BCUT2D eigenvalue weighted by Gasteiger charge is -2.11. The largest absolute Gasteiger partial charge is 0.497 e. The molecule has 0 aliphatic heterocycles. The van der Waals surface area contributed by atoms with E-state index >= 15 is 0 Å². The number of nitrogens with one attached hydrogen (secondary N) is 2. The van der Waals surface area contributed by atoms with E-state index in [1.807, 2.05) is 0 Å². The van der Waals surface area contributed by atoms with E-state index < -0.39 is 0 Å². The Hall–Kier alpha value is -2.96. The molecule has 0 radical (unpaired) electrons. The Morgan fingerprint density at radius 1 is 1.16 bits per heavy atom. The zero-order valence-corrected chi connectivity index (χ0v) is 14.1. The van der Waals surface area contributed by atoms with Crippen molar-refractivity contribution in [2.24, 2.45) is 11.8 Å². The second-order valence-corrected chi connectivity index (χ2v) is 5.80. The summed E-state index contributed by atoms with van der Waals surface area (Å²) in [6.07, 6.45) is 2.08. The van der Waals surface area contributed by atoms with Gasteiger partial charge in [0.2, 0.25) is 11.8 Å². The first-order chi connectivity index (χ1) is 12.1. The molecule has 1 heterocycles. The quantitative estimate of drug-likeness (QED) is 0.803. The Morgan fingerprint density at radius 3 is 2.64 bits per heavy atom. The van der Waals surface area contributed by atoms with E-state index in [1.165, 1.54) is 7.11 Å². The number of furan rings is 1. The van der Waals surface area contributed by atoms with E-state index in [2.05, 4.69) is 10.6 Å². The fourth-order valence-corrected chi connectivity index (χ4v) is 2.63. The molecule has 1 aliphatic rings. The van der Waals surface area contributed by atoms with Gasteiger partial charge in [0.25, 0.3) is 0 Å². The van der Waals surface area contributed by atoms with Crippen molar-refractivity contribution in [2.45, 2.75) is 13.0 Å².